The van der Waals surface area contributed by atoms with Crippen LogP contribution in [0.3, 0.4) is 0 Å². The van der Waals surface area contributed by atoms with Gasteiger partial charge in [0.1, 0.15) is 11.6 Å². The van der Waals surface area contributed by atoms with Crippen molar-refractivity contribution in [1.82, 2.24) is 20.6 Å². The highest BCUT2D eigenvalue weighted by Crippen LogP contribution is 2.27. The van der Waals surface area contributed by atoms with E-state index in [0.29, 0.717) is 11.4 Å². The van der Waals surface area contributed by atoms with Crippen molar-refractivity contribution in [2.24, 2.45) is 0 Å². The molecule has 3 aromatic rings. The Bertz CT molecular complexity index is 1130. The van der Waals surface area contributed by atoms with Crippen LogP contribution in [0.5, 0.6) is 5.75 Å². The van der Waals surface area contributed by atoms with E-state index < -0.39 is 11.8 Å². The topological polar surface area (TPSA) is 85.2 Å². The van der Waals surface area contributed by atoms with Crippen molar-refractivity contribution in [3.05, 3.63) is 76.4 Å². The molecule has 2 N–H and O–H groups in total. The molecule has 0 aliphatic heterocycles. The predicted molar refractivity (Wildman–Crippen MR) is 117 cm³/mol. The Labute approximate surface area is 185 Å². The fourth-order valence-corrected chi connectivity index (χ4v) is 3.96. The lowest BCUT2D eigenvalue weighted by atomic mass is 9.95. The Morgan fingerprint density at radius 3 is 2.44 bits per heavy atom. The summed E-state index contributed by atoms with van der Waals surface area (Å²) in [6.07, 6.45) is 3.46. The Morgan fingerprint density at radius 2 is 1.72 bits per heavy atom. The van der Waals surface area contributed by atoms with Crippen molar-refractivity contribution >= 4 is 11.8 Å². The monoisotopic (exact) mass is 436 g/mol. The highest BCUT2D eigenvalue weighted by atomic mass is 19.1. The molecule has 0 radical (unpaired) electrons. The number of carbonyl (C=O) groups is 2. The third kappa shape index (κ3) is 4.49. The van der Waals surface area contributed by atoms with Gasteiger partial charge in [-0.1, -0.05) is 18.2 Å². The number of aryl methyl sites for hydroxylation is 2. The van der Waals surface area contributed by atoms with Crippen LogP contribution in [0.1, 0.15) is 45.7 Å². The van der Waals surface area contributed by atoms with Gasteiger partial charge in [0.25, 0.3) is 11.8 Å². The lowest BCUT2D eigenvalue weighted by Crippen LogP contribution is -2.44. The van der Waals surface area contributed by atoms with Gasteiger partial charge >= 0.3 is 0 Å². The van der Waals surface area contributed by atoms with Crippen molar-refractivity contribution in [2.75, 3.05) is 6.61 Å². The summed E-state index contributed by atoms with van der Waals surface area (Å²) in [6, 6.07) is 11.7. The van der Waals surface area contributed by atoms with Crippen LogP contribution in [0.25, 0.3) is 5.69 Å². The minimum atomic E-state index is -0.496. The molecule has 0 saturated heterocycles. The molecule has 166 valence electrons. The number of nitrogens with zero attached hydrogens (tertiary/aromatic N) is 2. The molecule has 2 aromatic carbocycles. The van der Waals surface area contributed by atoms with Crippen molar-refractivity contribution in [2.45, 2.75) is 39.5 Å². The molecule has 0 atom stereocenters. The van der Waals surface area contributed by atoms with Gasteiger partial charge in [-0.2, -0.15) is 5.10 Å². The lowest BCUT2D eigenvalue weighted by Gasteiger charge is -2.14. The van der Waals surface area contributed by atoms with Crippen LogP contribution in [0.4, 0.5) is 4.39 Å². The minimum absolute atomic E-state index is 0.228. The molecule has 1 heterocycles. The fraction of sp³-hybridized carbons (Fsp3) is 0.292. The number of benzene rings is 2. The second kappa shape index (κ2) is 9.21. The zero-order valence-corrected chi connectivity index (χ0v) is 18.1. The van der Waals surface area contributed by atoms with Gasteiger partial charge in [-0.25, -0.2) is 9.07 Å². The Morgan fingerprint density at radius 1 is 1.03 bits per heavy atom. The highest BCUT2D eigenvalue weighted by molar-refractivity contribution is 5.95. The SMILES string of the molecule is Cc1cccc(C)c1OCC(=O)NNC(=O)c1nn(-c2ccc(F)cc2)c2c1CCCC2. The number of carbonyl (C=O) groups excluding carboxylic acids is 2. The third-order valence-electron chi connectivity index (χ3n) is 5.54. The fourth-order valence-electron chi connectivity index (χ4n) is 3.96. The maximum absolute atomic E-state index is 13.3. The first-order chi connectivity index (χ1) is 15.4. The minimum Gasteiger partial charge on any atom is -0.483 e. The standard InChI is InChI=1S/C24H25FN4O3/c1-15-6-5-7-16(2)23(15)32-14-21(30)26-27-24(31)22-19-8-3-4-9-20(19)29(28-22)18-12-10-17(25)11-13-18/h5-7,10-13H,3-4,8-9,14H2,1-2H3,(H,26,30)(H,27,31). The van der Waals surface area contributed by atoms with Gasteiger partial charge in [-0.05, 0) is 74.9 Å². The number of rotatable bonds is 5. The average molecular weight is 436 g/mol. The number of ether oxygens (including phenoxy) is 1. The summed E-state index contributed by atoms with van der Waals surface area (Å²) in [6.45, 7) is 3.58. The summed E-state index contributed by atoms with van der Waals surface area (Å²) in [5, 5.41) is 4.49. The smallest absolute Gasteiger partial charge is 0.290 e. The van der Waals surface area contributed by atoms with E-state index >= 15 is 0 Å². The predicted octanol–water partition coefficient (Wildman–Crippen LogP) is 3.35. The molecular weight excluding hydrogens is 411 g/mol. The molecule has 0 spiro atoms. The first-order valence-corrected chi connectivity index (χ1v) is 10.6. The van der Waals surface area contributed by atoms with Crippen LogP contribution in [-0.4, -0.2) is 28.2 Å². The molecule has 1 aliphatic rings. The number of nitrogens with one attached hydrogen (secondary N) is 2. The summed E-state index contributed by atoms with van der Waals surface area (Å²) in [5.74, 6) is -0.656. The van der Waals surface area contributed by atoms with Crippen molar-refractivity contribution in [3.8, 4) is 11.4 Å². The number of fused-ring (bicyclic) bond motifs is 1. The van der Waals surface area contributed by atoms with Gasteiger partial charge in [0.05, 0.1) is 5.69 Å². The van der Waals surface area contributed by atoms with E-state index in [1.165, 1.54) is 12.1 Å². The summed E-state index contributed by atoms with van der Waals surface area (Å²) in [4.78, 5) is 25.0. The quantitative estimate of drug-likeness (QED) is 0.601. The maximum Gasteiger partial charge on any atom is 0.290 e. The summed E-state index contributed by atoms with van der Waals surface area (Å²) in [5.41, 5.74) is 9.44. The molecule has 4 rings (SSSR count). The molecule has 0 unspecified atom stereocenters. The van der Waals surface area contributed by atoms with Crippen molar-refractivity contribution in [3.63, 3.8) is 0 Å². The normalized spacial score (nSPS) is 12.7. The zero-order valence-electron chi connectivity index (χ0n) is 18.1. The van der Waals surface area contributed by atoms with Crippen molar-refractivity contribution in [1.29, 1.82) is 0 Å². The number of halogens is 1. The Kier molecular flexibility index (Phi) is 6.20. The van der Waals surface area contributed by atoms with Gasteiger partial charge in [0.15, 0.2) is 12.3 Å². The second-order valence-electron chi connectivity index (χ2n) is 7.88. The zero-order chi connectivity index (χ0) is 22.7. The molecule has 1 aromatic heterocycles. The highest BCUT2D eigenvalue weighted by Gasteiger charge is 2.26. The van der Waals surface area contributed by atoms with E-state index in [1.54, 1.807) is 16.8 Å². The largest absolute Gasteiger partial charge is 0.483 e. The molecule has 8 heteroatoms. The number of hydrazine groups is 1. The maximum atomic E-state index is 13.3. The molecule has 2 amide bonds. The number of amides is 2. The van der Waals surface area contributed by atoms with Crippen LogP contribution >= 0.6 is 0 Å². The van der Waals surface area contributed by atoms with Crippen LogP contribution in [-0.2, 0) is 17.6 Å². The van der Waals surface area contributed by atoms with Crippen LogP contribution < -0.4 is 15.6 Å². The second-order valence-corrected chi connectivity index (χ2v) is 7.88. The number of para-hydroxylation sites is 1. The molecule has 7 nitrogen and oxygen atoms in total. The van der Waals surface area contributed by atoms with Crippen molar-refractivity contribution < 1.29 is 18.7 Å². The number of hydrogen-bond acceptors (Lipinski definition) is 4. The molecule has 0 fully saturated rings. The van der Waals surface area contributed by atoms with E-state index in [2.05, 4.69) is 16.0 Å². The average Bonchev–Trinajstić information content (AvgIpc) is 3.17. The molecule has 1 aliphatic carbocycles. The van der Waals surface area contributed by atoms with Gasteiger partial charge in [0, 0.05) is 11.3 Å². The van der Waals surface area contributed by atoms with E-state index in [4.69, 9.17) is 4.74 Å². The first-order valence-electron chi connectivity index (χ1n) is 10.6. The Balaban J connectivity index is 1.44. The van der Waals surface area contributed by atoms with E-state index in [1.807, 2.05) is 32.0 Å². The summed E-state index contributed by atoms with van der Waals surface area (Å²) < 4.78 is 20.6. The lowest BCUT2D eigenvalue weighted by molar-refractivity contribution is -0.123. The van der Waals surface area contributed by atoms with E-state index in [0.717, 1.165) is 48.1 Å². The molecule has 32 heavy (non-hydrogen) atoms. The van der Waals surface area contributed by atoms with Gasteiger partial charge in [-0.3, -0.25) is 20.4 Å². The van der Waals surface area contributed by atoms with Gasteiger partial charge < -0.3 is 4.74 Å². The van der Waals surface area contributed by atoms with Gasteiger partial charge in [0.2, 0.25) is 0 Å². The van der Waals surface area contributed by atoms with Crippen LogP contribution in [0.2, 0.25) is 0 Å². The number of aromatic nitrogens is 2. The van der Waals surface area contributed by atoms with E-state index in [-0.39, 0.29) is 18.1 Å². The van der Waals surface area contributed by atoms with E-state index in [9.17, 15) is 14.0 Å². The molecular formula is C24H25FN4O3. The van der Waals surface area contributed by atoms with Crippen LogP contribution in [0, 0.1) is 19.7 Å². The summed E-state index contributed by atoms with van der Waals surface area (Å²) >= 11 is 0. The van der Waals surface area contributed by atoms with Gasteiger partial charge in [-0.15, -0.1) is 0 Å². The number of hydrogen-bond donors (Lipinski definition) is 2. The van der Waals surface area contributed by atoms with Crippen LogP contribution in [0.15, 0.2) is 42.5 Å². The molecule has 0 saturated carbocycles. The third-order valence-corrected chi connectivity index (χ3v) is 5.54. The summed E-state index contributed by atoms with van der Waals surface area (Å²) in [7, 11) is 0. The molecule has 0 bridgehead atoms. The first kappa shape index (κ1) is 21.5. The Hall–Kier alpha value is -3.68.